The van der Waals surface area contributed by atoms with Gasteiger partial charge in [-0.3, -0.25) is 14.4 Å². The van der Waals surface area contributed by atoms with Gasteiger partial charge in [0, 0.05) is 5.56 Å². The molecule has 90 heavy (non-hydrogen) atoms. The molecule has 0 radical (unpaired) electrons. The normalized spacial score (nSPS) is 10.6. The van der Waals surface area contributed by atoms with Crippen LogP contribution in [0.15, 0.2) is 182 Å². The summed E-state index contributed by atoms with van der Waals surface area (Å²) < 4.78 is 90.2. The number of carboxylic acid groups (broad SMARTS) is 2. The zero-order valence-electron chi connectivity index (χ0n) is 49.0. The summed E-state index contributed by atoms with van der Waals surface area (Å²) >= 11 is 6.26. The fourth-order valence-corrected chi connectivity index (χ4v) is 9.05. The molecule has 0 saturated heterocycles. The fourth-order valence-electron chi connectivity index (χ4n) is 8.80. The van der Waals surface area contributed by atoms with Crippen LogP contribution in [-0.4, -0.2) is 64.8 Å². The molecule has 0 aliphatic carbocycles. The Morgan fingerprint density at radius 3 is 1.21 bits per heavy atom. The van der Waals surface area contributed by atoms with E-state index in [4.69, 9.17) is 25.8 Å². The molecule has 0 aromatic heterocycles. The van der Waals surface area contributed by atoms with Crippen LogP contribution in [0.4, 0.5) is 39.0 Å². The first-order valence-electron chi connectivity index (χ1n) is 28.1. The number of carboxylic acids is 2. The van der Waals surface area contributed by atoms with Gasteiger partial charge in [0.05, 0.1) is 59.4 Å². The van der Waals surface area contributed by atoms with Crippen molar-refractivity contribution in [2.45, 2.75) is 47.1 Å². The minimum absolute atomic E-state index is 0.0756. The Bertz CT molecular complexity index is 4000. The quantitative estimate of drug-likeness (QED) is 0.0294. The van der Waals surface area contributed by atoms with Crippen molar-refractivity contribution in [1.29, 1.82) is 0 Å². The Kier molecular flexibility index (Phi) is 23.9. The summed E-state index contributed by atoms with van der Waals surface area (Å²) in [5.41, 5.74) is 1.33. The smallest absolute Gasteiger partial charge is 0.336 e. The number of aliphatic hydroxyl groups excluding tert-OH is 1. The summed E-state index contributed by atoms with van der Waals surface area (Å²) in [5.74, 6) is -7.43. The number of carbonyl (C=O) groups excluding carboxylic acids is 3. The van der Waals surface area contributed by atoms with Crippen LogP contribution in [0.3, 0.4) is 0 Å². The van der Waals surface area contributed by atoms with Gasteiger partial charge in [-0.25, -0.2) is 31.5 Å². The van der Waals surface area contributed by atoms with E-state index in [2.05, 4.69) is 16.0 Å². The molecular formula is C70H61ClF5N3O11. The van der Waals surface area contributed by atoms with E-state index in [1.807, 2.05) is 45.9 Å². The van der Waals surface area contributed by atoms with Crippen LogP contribution in [0.2, 0.25) is 5.02 Å². The van der Waals surface area contributed by atoms with Gasteiger partial charge >= 0.3 is 11.9 Å². The van der Waals surface area contributed by atoms with Crippen molar-refractivity contribution in [3.63, 3.8) is 0 Å². The number of halogens is 6. The molecule has 0 heterocycles. The van der Waals surface area contributed by atoms with E-state index in [1.54, 1.807) is 84.9 Å². The number of anilines is 3. The van der Waals surface area contributed by atoms with Crippen LogP contribution >= 0.6 is 11.6 Å². The van der Waals surface area contributed by atoms with Crippen LogP contribution in [0, 0.1) is 35.0 Å². The Balaban J connectivity index is 0.000000192. The summed E-state index contributed by atoms with van der Waals surface area (Å²) in [6.45, 7) is 9.24. The van der Waals surface area contributed by atoms with Gasteiger partial charge in [-0.15, -0.1) is 0 Å². The predicted octanol–water partition coefficient (Wildman–Crippen LogP) is 16.7. The monoisotopic (exact) mass is 1250 g/mol. The third kappa shape index (κ3) is 17.9. The number of unbranched alkanes of at least 4 members (excludes halogenated alkanes) is 1. The van der Waals surface area contributed by atoms with E-state index in [1.165, 1.54) is 54.6 Å². The number of rotatable bonds is 21. The fraction of sp³-hybridized carbons (Fsp3) is 0.157. The molecule has 0 saturated carbocycles. The van der Waals surface area contributed by atoms with Gasteiger partial charge in [0.2, 0.25) is 0 Å². The van der Waals surface area contributed by atoms with Gasteiger partial charge in [0.25, 0.3) is 17.7 Å². The maximum absolute atomic E-state index is 14.7. The van der Waals surface area contributed by atoms with Crippen molar-refractivity contribution in [3.05, 3.63) is 249 Å². The highest BCUT2D eigenvalue weighted by atomic mass is 35.5. The molecular weight excluding hydrogens is 1190 g/mol. The summed E-state index contributed by atoms with van der Waals surface area (Å²) in [7, 11) is 0. The number of aliphatic hydroxyl groups is 1. The number of benzene rings is 9. The zero-order valence-corrected chi connectivity index (χ0v) is 49.8. The van der Waals surface area contributed by atoms with E-state index in [0.717, 1.165) is 42.7 Å². The first-order valence-corrected chi connectivity index (χ1v) is 28.5. The summed E-state index contributed by atoms with van der Waals surface area (Å²) in [5, 5.41) is 34.6. The van der Waals surface area contributed by atoms with Gasteiger partial charge in [-0.1, -0.05) is 118 Å². The predicted molar refractivity (Wildman–Crippen MR) is 335 cm³/mol. The molecule has 14 nitrogen and oxygen atoms in total. The van der Waals surface area contributed by atoms with E-state index < -0.39 is 70.1 Å². The molecule has 0 unspecified atom stereocenters. The van der Waals surface area contributed by atoms with Crippen LogP contribution < -0.4 is 30.2 Å². The molecule has 0 fully saturated rings. The molecule has 9 rings (SSSR count). The highest BCUT2D eigenvalue weighted by molar-refractivity contribution is 6.34. The maximum Gasteiger partial charge on any atom is 0.336 e. The second-order valence-corrected chi connectivity index (χ2v) is 20.7. The lowest BCUT2D eigenvalue weighted by atomic mass is 10.0. The lowest BCUT2D eigenvalue weighted by Gasteiger charge is -2.13. The van der Waals surface area contributed by atoms with Crippen molar-refractivity contribution in [1.82, 2.24) is 0 Å². The van der Waals surface area contributed by atoms with Crippen molar-refractivity contribution in [2.24, 2.45) is 5.92 Å². The molecule has 0 bridgehead atoms. The van der Waals surface area contributed by atoms with Crippen LogP contribution in [0.25, 0.3) is 33.4 Å². The summed E-state index contributed by atoms with van der Waals surface area (Å²) in [6, 6.07) is 45.7. The maximum atomic E-state index is 14.7. The Labute approximate surface area is 520 Å². The molecule has 0 spiro atoms. The average molecular weight is 1250 g/mol. The van der Waals surface area contributed by atoms with Gasteiger partial charge in [-0.05, 0) is 161 Å². The first-order chi connectivity index (χ1) is 43.2. The van der Waals surface area contributed by atoms with E-state index >= 15 is 0 Å². The third-order valence-electron chi connectivity index (χ3n) is 13.2. The number of aromatic carboxylic acids is 2. The Morgan fingerprint density at radius 2 is 0.811 bits per heavy atom. The standard InChI is InChI=1S/2C24H21F2NO4.C22H19ClFNO3/c1-14(2)13-31-17-7-5-6-15(10-17)16-11-20(25)22(21(26)12-16)27-23(28)18-8-3-4-9-19(18)24(29)30;1-2-3-11-31-17-8-6-7-15(12-17)16-13-20(25)22(21(26)14-16)27-23(28)18-9-4-5-10-19(18)24(29)30;1-2-28-17-8-5-7-14(10-17)16-11-19(23)21(20(24)12-16)25-22(27)18-9-4-3-6-15(18)13-26/h3-12,14H,13H2,1-2H3,(H,27,28)(H,29,30);4-10,12-14H,2-3,11H2,1H3,(H,27,28)(H,29,30);3-12,26H,2,13H2,1H3,(H,25,27). The van der Waals surface area contributed by atoms with Gasteiger partial charge < -0.3 is 45.5 Å². The topological polar surface area (TPSA) is 210 Å². The van der Waals surface area contributed by atoms with E-state index in [9.17, 15) is 61.2 Å². The molecule has 464 valence electrons. The second kappa shape index (κ2) is 32.0. The Morgan fingerprint density at radius 1 is 0.444 bits per heavy atom. The second-order valence-electron chi connectivity index (χ2n) is 20.2. The highest BCUT2D eigenvalue weighted by Crippen LogP contribution is 2.35. The summed E-state index contributed by atoms with van der Waals surface area (Å²) in [4.78, 5) is 60.0. The zero-order chi connectivity index (χ0) is 65.0. The minimum Gasteiger partial charge on any atom is -0.494 e. The van der Waals surface area contributed by atoms with Crippen molar-refractivity contribution in [3.8, 4) is 50.6 Å². The number of hydrogen-bond acceptors (Lipinski definition) is 9. The first kappa shape index (κ1) is 67.1. The largest absolute Gasteiger partial charge is 0.494 e. The van der Waals surface area contributed by atoms with Crippen LogP contribution in [0.5, 0.6) is 17.2 Å². The van der Waals surface area contributed by atoms with Crippen molar-refractivity contribution in [2.75, 3.05) is 35.8 Å². The van der Waals surface area contributed by atoms with Crippen LogP contribution in [-0.2, 0) is 6.61 Å². The molecule has 0 aliphatic heterocycles. The minimum atomic E-state index is -1.32. The van der Waals surface area contributed by atoms with Gasteiger partial charge in [0.1, 0.15) is 57.7 Å². The molecule has 0 aliphatic rings. The number of amides is 3. The number of nitrogens with one attached hydrogen (secondary N) is 3. The van der Waals surface area contributed by atoms with Crippen LogP contribution in [0.1, 0.15) is 97.9 Å². The highest BCUT2D eigenvalue weighted by Gasteiger charge is 2.23. The SMILES string of the molecule is CC(C)COc1cccc(-c2cc(F)c(NC(=O)c3ccccc3C(=O)O)c(F)c2)c1.CCCCOc1cccc(-c2cc(F)c(NC(=O)c3ccccc3C(=O)O)c(F)c2)c1.CCOc1cccc(-c2cc(F)c(NC(=O)c3ccccc3CO)c(Cl)c2)c1. The lowest BCUT2D eigenvalue weighted by molar-refractivity contribution is 0.0683. The van der Waals surface area contributed by atoms with Crippen molar-refractivity contribution >= 4 is 58.3 Å². The molecule has 6 N–H and O–H groups in total. The van der Waals surface area contributed by atoms with Gasteiger partial charge in [-0.2, -0.15) is 0 Å². The van der Waals surface area contributed by atoms with E-state index in [-0.39, 0.29) is 56.3 Å². The number of hydrogen-bond donors (Lipinski definition) is 6. The molecule has 9 aromatic carbocycles. The number of ether oxygens (including phenoxy) is 3. The third-order valence-corrected chi connectivity index (χ3v) is 13.5. The molecule has 0 atom stereocenters. The molecule has 3 amide bonds. The summed E-state index contributed by atoms with van der Waals surface area (Å²) in [6.07, 6.45) is 1.88. The van der Waals surface area contributed by atoms with Gasteiger partial charge in [0.15, 0.2) is 0 Å². The van der Waals surface area contributed by atoms with Crippen molar-refractivity contribution < 1.29 is 75.5 Å². The number of carbonyl (C=O) groups is 5. The average Bonchev–Trinajstić information content (AvgIpc) is 1.07. The Hall–Kier alpha value is -10.4. The lowest BCUT2D eigenvalue weighted by Crippen LogP contribution is -2.18. The molecule has 9 aromatic rings. The molecule has 20 heteroatoms. The van der Waals surface area contributed by atoms with E-state index in [0.29, 0.717) is 65.2 Å².